The quantitative estimate of drug-likeness (QED) is 0.0570. The Labute approximate surface area is 235 Å². The van der Waals surface area contributed by atoms with Crippen molar-refractivity contribution in [3.8, 4) is 0 Å². The molecule has 0 rings (SSSR count). The molecule has 0 saturated carbocycles. The van der Waals surface area contributed by atoms with Crippen molar-refractivity contribution in [2.75, 3.05) is 26.4 Å². The number of unbranched alkanes of at least 4 members (excludes halogenated alkanes) is 14. The molecule has 3 atom stereocenters. The van der Waals surface area contributed by atoms with Crippen LogP contribution in [0.4, 0.5) is 0 Å². The van der Waals surface area contributed by atoms with Crippen LogP contribution in [0.1, 0.15) is 129 Å². The summed E-state index contributed by atoms with van der Waals surface area (Å²) in [6.45, 7) is 2.15. The minimum absolute atomic E-state index is 0.189. The van der Waals surface area contributed by atoms with E-state index in [4.69, 9.17) is 19.1 Å². The fourth-order valence-electron chi connectivity index (χ4n) is 3.87. The third-order valence-corrected chi connectivity index (χ3v) is 7.21. The second-order valence-corrected chi connectivity index (χ2v) is 11.6. The van der Waals surface area contributed by atoms with Gasteiger partial charge in [-0.2, -0.15) is 0 Å². The fraction of sp³-hybridized carbons (Fsp3) is 0.929. The van der Waals surface area contributed by atoms with E-state index >= 15 is 0 Å². The summed E-state index contributed by atoms with van der Waals surface area (Å²) in [5.74, 6) is -0.950. The van der Waals surface area contributed by atoms with Crippen LogP contribution in [0, 0.1) is 0 Å². The number of rotatable bonds is 28. The van der Waals surface area contributed by atoms with Crippen LogP contribution >= 0.6 is 7.82 Å². The SMILES string of the molecule is CCCCCCCCCCCCCCCC(=O)OC(COC(=O)CCCCC)COP(=O)(O)OCC(O)CO. The van der Waals surface area contributed by atoms with Gasteiger partial charge < -0.3 is 24.6 Å². The van der Waals surface area contributed by atoms with Gasteiger partial charge in [-0.3, -0.25) is 18.6 Å². The van der Waals surface area contributed by atoms with Gasteiger partial charge in [0.25, 0.3) is 0 Å². The zero-order valence-corrected chi connectivity index (χ0v) is 25.3. The fourth-order valence-corrected chi connectivity index (χ4v) is 4.66. The Morgan fingerprint density at radius 1 is 0.667 bits per heavy atom. The van der Waals surface area contributed by atoms with Crippen molar-refractivity contribution in [3.63, 3.8) is 0 Å². The van der Waals surface area contributed by atoms with Gasteiger partial charge in [-0.15, -0.1) is 0 Å². The third kappa shape index (κ3) is 25.7. The molecule has 0 saturated heterocycles. The highest BCUT2D eigenvalue weighted by atomic mass is 31.2. The van der Waals surface area contributed by atoms with E-state index in [0.29, 0.717) is 12.8 Å². The van der Waals surface area contributed by atoms with Crippen molar-refractivity contribution < 1.29 is 47.8 Å². The van der Waals surface area contributed by atoms with E-state index in [2.05, 4.69) is 11.4 Å². The summed E-state index contributed by atoms with van der Waals surface area (Å²) in [6, 6.07) is 0. The van der Waals surface area contributed by atoms with Gasteiger partial charge in [-0.1, -0.05) is 104 Å². The van der Waals surface area contributed by atoms with E-state index in [1.807, 2.05) is 6.92 Å². The van der Waals surface area contributed by atoms with Crippen molar-refractivity contribution in [1.82, 2.24) is 0 Å². The van der Waals surface area contributed by atoms with E-state index in [1.165, 1.54) is 57.8 Å². The topological polar surface area (TPSA) is 149 Å². The zero-order valence-electron chi connectivity index (χ0n) is 24.4. The lowest BCUT2D eigenvalue weighted by atomic mass is 10.0. The predicted octanol–water partition coefficient (Wildman–Crippen LogP) is 5.99. The largest absolute Gasteiger partial charge is 0.472 e. The molecule has 3 unspecified atom stereocenters. The molecule has 39 heavy (non-hydrogen) atoms. The summed E-state index contributed by atoms with van der Waals surface area (Å²) >= 11 is 0. The molecular weight excluding hydrogens is 527 g/mol. The Morgan fingerprint density at radius 3 is 1.64 bits per heavy atom. The summed E-state index contributed by atoms with van der Waals surface area (Å²) in [4.78, 5) is 34.1. The average Bonchev–Trinajstić information content (AvgIpc) is 2.91. The van der Waals surface area contributed by atoms with E-state index in [0.717, 1.165) is 32.1 Å². The van der Waals surface area contributed by atoms with Crippen LogP contribution in [0.25, 0.3) is 0 Å². The highest BCUT2D eigenvalue weighted by Crippen LogP contribution is 2.43. The van der Waals surface area contributed by atoms with Crippen LogP contribution in [-0.2, 0) is 32.7 Å². The van der Waals surface area contributed by atoms with E-state index in [1.54, 1.807) is 0 Å². The Hall–Kier alpha value is -1.03. The lowest BCUT2D eigenvalue weighted by Gasteiger charge is -2.20. The molecule has 0 aromatic carbocycles. The Balaban J connectivity index is 4.30. The van der Waals surface area contributed by atoms with Gasteiger partial charge in [0.2, 0.25) is 0 Å². The number of ether oxygens (including phenoxy) is 2. The second-order valence-electron chi connectivity index (χ2n) is 10.1. The smallest absolute Gasteiger partial charge is 0.462 e. The van der Waals surface area contributed by atoms with Crippen molar-refractivity contribution in [1.29, 1.82) is 0 Å². The number of hydrogen-bond donors (Lipinski definition) is 3. The molecule has 11 heteroatoms. The third-order valence-electron chi connectivity index (χ3n) is 6.26. The van der Waals surface area contributed by atoms with E-state index < -0.39 is 51.8 Å². The van der Waals surface area contributed by atoms with Crippen LogP contribution in [-0.4, -0.2) is 65.7 Å². The number of aliphatic hydroxyl groups excluding tert-OH is 2. The highest BCUT2D eigenvalue weighted by Gasteiger charge is 2.27. The lowest BCUT2D eigenvalue weighted by Crippen LogP contribution is -2.29. The molecule has 0 fully saturated rings. The van der Waals surface area contributed by atoms with Gasteiger partial charge in [-0.05, 0) is 12.8 Å². The molecular formula is C28H55O10P. The minimum Gasteiger partial charge on any atom is -0.462 e. The van der Waals surface area contributed by atoms with Crippen LogP contribution in [0.15, 0.2) is 0 Å². The monoisotopic (exact) mass is 582 g/mol. The maximum absolute atomic E-state index is 12.3. The molecule has 10 nitrogen and oxygen atoms in total. The molecule has 0 aliphatic rings. The maximum atomic E-state index is 12.3. The Bertz CT molecular complexity index is 646. The molecule has 0 heterocycles. The summed E-state index contributed by atoms with van der Waals surface area (Å²) in [6.07, 6.45) is 16.0. The second kappa shape index (κ2) is 25.9. The molecule has 0 aromatic heterocycles. The summed E-state index contributed by atoms with van der Waals surface area (Å²) in [5.41, 5.74) is 0. The molecule has 0 radical (unpaired) electrons. The number of phosphoric acid groups is 1. The number of esters is 2. The highest BCUT2D eigenvalue weighted by molar-refractivity contribution is 7.47. The molecule has 232 valence electrons. The number of carbonyl (C=O) groups excluding carboxylic acids is 2. The Morgan fingerprint density at radius 2 is 1.10 bits per heavy atom. The predicted molar refractivity (Wildman–Crippen MR) is 150 cm³/mol. The molecule has 3 N–H and O–H groups in total. The van der Waals surface area contributed by atoms with Crippen molar-refractivity contribution >= 4 is 19.8 Å². The van der Waals surface area contributed by atoms with Gasteiger partial charge >= 0.3 is 19.8 Å². The summed E-state index contributed by atoms with van der Waals surface area (Å²) in [5, 5.41) is 18.1. The number of carbonyl (C=O) groups is 2. The normalized spacial score (nSPS) is 14.5. The van der Waals surface area contributed by atoms with E-state index in [9.17, 15) is 24.2 Å². The first kappa shape index (κ1) is 38.0. The molecule has 0 aliphatic heterocycles. The van der Waals surface area contributed by atoms with Crippen LogP contribution in [0.5, 0.6) is 0 Å². The average molecular weight is 583 g/mol. The summed E-state index contributed by atoms with van der Waals surface area (Å²) in [7, 11) is -4.58. The maximum Gasteiger partial charge on any atom is 0.472 e. The van der Waals surface area contributed by atoms with Crippen LogP contribution < -0.4 is 0 Å². The van der Waals surface area contributed by atoms with Crippen molar-refractivity contribution in [3.05, 3.63) is 0 Å². The number of aliphatic hydroxyl groups is 2. The molecule has 0 amide bonds. The molecule has 0 spiro atoms. The van der Waals surface area contributed by atoms with Crippen molar-refractivity contribution in [2.45, 2.75) is 142 Å². The summed E-state index contributed by atoms with van der Waals surface area (Å²) < 4.78 is 32.0. The Kier molecular flexibility index (Phi) is 25.2. The lowest BCUT2D eigenvalue weighted by molar-refractivity contribution is -0.161. The van der Waals surface area contributed by atoms with Crippen LogP contribution in [0.2, 0.25) is 0 Å². The molecule has 0 aliphatic carbocycles. The first-order chi connectivity index (χ1) is 18.7. The van der Waals surface area contributed by atoms with E-state index in [-0.39, 0.29) is 19.4 Å². The van der Waals surface area contributed by atoms with Gasteiger partial charge in [0.15, 0.2) is 6.10 Å². The standard InChI is InChI=1S/C28H55O10P/c1-3-5-7-8-9-10-11-12-13-14-15-16-18-20-28(32)38-26(23-35-27(31)19-17-6-4-2)24-37-39(33,34)36-22-25(30)21-29/h25-26,29-30H,3-24H2,1-2H3,(H,33,34). The van der Waals surface area contributed by atoms with Gasteiger partial charge in [-0.25, -0.2) is 4.57 Å². The number of hydrogen-bond acceptors (Lipinski definition) is 9. The first-order valence-electron chi connectivity index (χ1n) is 15.0. The zero-order chi connectivity index (χ0) is 29.2. The molecule has 0 bridgehead atoms. The van der Waals surface area contributed by atoms with Gasteiger partial charge in [0.05, 0.1) is 19.8 Å². The van der Waals surface area contributed by atoms with Crippen LogP contribution in [0.3, 0.4) is 0 Å². The minimum atomic E-state index is -4.58. The van der Waals surface area contributed by atoms with Gasteiger partial charge in [0.1, 0.15) is 12.7 Å². The van der Waals surface area contributed by atoms with Crippen molar-refractivity contribution in [2.24, 2.45) is 0 Å². The molecule has 0 aromatic rings. The first-order valence-corrected chi connectivity index (χ1v) is 16.5. The van der Waals surface area contributed by atoms with Gasteiger partial charge in [0, 0.05) is 12.8 Å². The number of phosphoric ester groups is 1.